The van der Waals surface area contributed by atoms with Crippen molar-refractivity contribution in [3.8, 4) is 22.8 Å². The van der Waals surface area contributed by atoms with Gasteiger partial charge in [0.05, 0.1) is 23.4 Å². The van der Waals surface area contributed by atoms with Gasteiger partial charge >= 0.3 is 5.76 Å². The first-order valence-corrected chi connectivity index (χ1v) is 9.89. The Balaban J connectivity index is 1.55. The topological polar surface area (TPSA) is 132 Å². The van der Waals surface area contributed by atoms with Crippen LogP contribution < -0.4 is 11.1 Å². The van der Waals surface area contributed by atoms with Crippen LogP contribution in [0.5, 0.6) is 0 Å². The third-order valence-electron chi connectivity index (χ3n) is 4.91. The second-order valence-electron chi connectivity index (χ2n) is 7.43. The normalized spacial score (nSPS) is 11.3. The molecule has 5 rings (SSSR count). The maximum atomic E-state index is 13.3. The summed E-state index contributed by atoms with van der Waals surface area (Å²) < 4.78 is 11.8. The van der Waals surface area contributed by atoms with Crippen LogP contribution in [0, 0.1) is 0 Å². The zero-order valence-corrected chi connectivity index (χ0v) is 17.2. The maximum Gasteiger partial charge on any atom is 0.439 e. The number of fused-ring (bicyclic) bond motifs is 1. The van der Waals surface area contributed by atoms with E-state index < -0.39 is 5.76 Å². The Bertz CT molecular complexity index is 1480. The number of nitrogens with one attached hydrogen (secondary N) is 2. The fourth-order valence-corrected chi connectivity index (χ4v) is 3.43. The summed E-state index contributed by atoms with van der Waals surface area (Å²) in [5.41, 5.74) is 2.65. The lowest BCUT2D eigenvalue weighted by Gasteiger charge is -2.10. The van der Waals surface area contributed by atoms with Gasteiger partial charge in [0.2, 0.25) is 0 Å². The highest BCUT2D eigenvalue weighted by Gasteiger charge is 2.20. The molecule has 1 aromatic carbocycles. The van der Waals surface area contributed by atoms with Gasteiger partial charge in [-0.2, -0.15) is 5.10 Å². The molecule has 0 atom stereocenters. The van der Waals surface area contributed by atoms with E-state index in [0.29, 0.717) is 39.3 Å². The molecule has 160 valence electrons. The van der Waals surface area contributed by atoms with Crippen LogP contribution in [0.4, 0.5) is 5.69 Å². The number of pyridine rings is 1. The number of nitrogens with zero attached hydrogens (tertiary/aromatic N) is 4. The number of hydrogen-bond donors (Lipinski definition) is 2. The van der Waals surface area contributed by atoms with Gasteiger partial charge in [-0.3, -0.25) is 14.3 Å². The Labute approximate surface area is 180 Å². The van der Waals surface area contributed by atoms with Crippen LogP contribution in [0.15, 0.2) is 68.7 Å². The molecule has 0 aliphatic rings. The summed E-state index contributed by atoms with van der Waals surface area (Å²) in [5.74, 6) is -0.161. The monoisotopic (exact) mass is 430 g/mol. The predicted molar refractivity (Wildman–Crippen MR) is 116 cm³/mol. The number of hydrogen-bond acceptors (Lipinski definition) is 7. The predicted octanol–water partition coefficient (Wildman–Crippen LogP) is 3.87. The van der Waals surface area contributed by atoms with E-state index in [0.717, 1.165) is 0 Å². The zero-order chi connectivity index (χ0) is 22.2. The summed E-state index contributed by atoms with van der Waals surface area (Å²) >= 11 is 0. The molecule has 0 aliphatic carbocycles. The van der Waals surface area contributed by atoms with Crippen LogP contribution in [0.2, 0.25) is 0 Å². The number of rotatable bonds is 5. The second kappa shape index (κ2) is 7.65. The molecule has 1 amide bonds. The molecule has 5 aromatic rings. The minimum atomic E-state index is -0.652. The van der Waals surface area contributed by atoms with Crippen molar-refractivity contribution in [2.24, 2.45) is 0 Å². The molecule has 0 unspecified atom stereocenters. The van der Waals surface area contributed by atoms with E-state index in [2.05, 4.69) is 30.1 Å². The number of carbonyl (C=O) groups excluding carboxylic acids is 1. The second-order valence-corrected chi connectivity index (χ2v) is 7.43. The molecule has 0 aliphatic heterocycles. The average Bonchev–Trinajstić information content (AvgIpc) is 3.53. The van der Waals surface area contributed by atoms with Gasteiger partial charge in [-0.25, -0.2) is 14.5 Å². The summed E-state index contributed by atoms with van der Waals surface area (Å²) in [6, 6.07) is 12.2. The van der Waals surface area contributed by atoms with E-state index in [1.165, 1.54) is 0 Å². The van der Waals surface area contributed by atoms with Crippen molar-refractivity contribution in [2.75, 3.05) is 5.32 Å². The van der Waals surface area contributed by atoms with Crippen LogP contribution in [0.1, 0.15) is 30.2 Å². The lowest BCUT2D eigenvalue weighted by Crippen LogP contribution is -2.13. The molecule has 10 nitrogen and oxygen atoms in total. The minimum absolute atomic E-state index is 0.0593. The Morgan fingerprint density at radius 2 is 2.06 bits per heavy atom. The highest BCUT2D eigenvalue weighted by Crippen LogP contribution is 2.28. The first-order valence-electron chi connectivity index (χ1n) is 9.89. The van der Waals surface area contributed by atoms with Gasteiger partial charge in [-0.05, 0) is 44.2 Å². The SMILES string of the molecule is CC(C)n1ncc2c(C(=O)Nc3cccc(-c4noc(=O)[nH]4)c3)cc(-c3ccco3)nc21. The average molecular weight is 430 g/mol. The molecule has 10 heteroatoms. The molecule has 0 spiro atoms. The fraction of sp³-hybridized carbons (Fsp3) is 0.136. The summed E-state index contributed by atoms with van der Waals surface area (Å²) in [5, 5.41) is 11.6. The Morgan fingerprint density at radius 1 is 1.19 bits per heavy atom. The number of aromatic nitrogens is 5. The Morgan fingerprint density at radius 3 is 2.78 bits per heavy atom. The van der Waals surface area contributed by atoms with Crippen molar-refractivity contribution in [3.63, 3.8) is 0 Å². The fourth-order valence-electron chi connectivity index (χ4n) is 3.43. The van der Waals surface area contributed by atoms with Crippen molar-refractivity contribution < 1.29 is 13.7 Å². The van der Waals surface area contributed by atoms with E-state index in [1.807, 2.05) is 13.8 Å². The van der Waals surface area contributed by atoms with Crippen LogP contribution >= 0.6 is 0 Å². The maximum absolute atomic E-state index is 13.3. The van der Waals surface area contributed by atoms with Crippen LogP contribution in [0.25, 0.3) is 33.9 Å². The molecule has 0 fully saturated rings. The van der Waals surface area contributed by atoms with Crippen molar-refractivity contribution in [2.45, 2.75) is 19.9 Å². The molecule has 0 bridgehead atoms. The van der Waals surface area contributed by atoms with Gasteiger partial charge in [0.15, 0.2) is 17.2 Å². The number of anilines is 1. The molecule has 32 heavy (non-hydrogen) atoms. The number of amides is 1. The number of H-pyrrole nitrogens is 1. The van der Waals surface area contributed by atoms with Gasteiger partial charge in [-0.15, -0.1) is 0 Å². The summed E-state index contributed by atoms with van der Waals surface area (Å²) in [4.78, 5) is 31.7. The van der Waals surface area contributed by atoms with E-state index >= 15 is 0 Å². The molecular formula is C22H18N6O4. The standard InChI is InChI=1S/C22H18N6O4/c1-12(2)28-20-16(11-23-28)15(10-17(25-20)18-7-4-8-31-18)21(29)24-14-6-3-5-13(9-14)19-26-22(30)32-27-19/h3-12H,1-2H3,(H,24,29)(H,26,27,30). The van der Waals surface area contributed by atoms with Gasteiger partial charge < -0.3 is 9.73 Å². The van der Waals surface area contributed by atoms with Crippen molar-refractivity contribution >= 4 is 22.6 Å². The molecule has 0 saturated carbocycles. The summed E-state index contributed by atoms with van der Waals surface area (Å²) in [6.45, 7) is 3.99. The smallest absolute Gasteiger partial charge is 0.439 e. The van der Waals surface area contributed by atoms with Gasteiger partial charge in [0.1, 0.15) is 5.69 Å². The zero-order valence-electron chi connectivity index (χ0n) is 17.2. The van der Waals surface area contributed by atoms with E-state index in [1.54, 1.807) is 59.6 Å². The molecular weight excluding hydrogens is 412 g/mol. The van der Waals surface area contributed by atoms with Gasteiger partial charge in [-0.1, -0.05) is 17.3 Å². The Hall–Kier alpha value is -4.47. The van der Waals surface area contributed by atoms with Crippen molar-refractivity contribution in [1.82, 2.24) is 24.9 Å². The summed E-state index contributed by atoms with van der Waals surface area (Å²) in [6.07, 6.45) is 3.19. The highest BCUT2D eigenvalue weighted by molar-refractivity contribution is 6.12. The highest BCUT2D eigenvalue weighted by atomic mass is 16.5. The third-order valence-corrected chi connectivity index (χ3v) is 4.91. The molecule has 0 saturated heterocycles. The van der Waals surface area contributed by atoms with Crippen LogP contribution in [-0.4, -0.2) is 30.8 Å². The number of furan rings is 1. The number of carbonyl (C=O) groups is 1. The summed E-state index contributed by atoms with van der Waals surface area (Å²) in [7, 11) is 0. The molecule has 4 aromatic heterocycles. The largest absolute Gasteiger partial charge is 0.463 e. The number of aromatic amines is 1. The lowest BCUT2D eigenvalue weighted by atomic mass is 10.1. The van der Waals surface area contributed by atoms with Gasteiger partial charge in [0, 0.05) is 17.3 Å². The van der Waals surface area contributed by atoms with Crippen LogP contribution in [0.3, 0.4) is 0 Å². The third kappa shape index (κ3) is 3.47. The first kappa shape index (κ1) is 19.5. The quantitative estimate of drug-likeness (QED) is 0.432. The minimum Gasteiger partial charge on any atom is -0.463 e. The van der Waals surface area contributed by atoms with E-state index in [4.69, 9.17) is 4.42 Å². The van der Waals surface area contributed by atoms with Crippen molar-refractivity contribution in [3.05, 3.63) is 71.0 Å². The molecule has 0 radical (unpaired) electrons. The number of benzene rings is 1. The Kier molecular flexibility index (Phi) is 4.66. The van der Waals surface area contributed by atoms with E-state index in [9.17, 15) is 9.59 Å². The van der Waals surface area contributed by atoms with Crippen LogP contribution in [-0.2, 0) is 0 Å². The van der Waals surface area contributed by atoms with E-state index in [-0.39, 0.29) is 17.8 Å². The van der Waals surface area contributed by atoms with Gasteiger partial charge in [0.25, 0.3) is 5.91 Å². The first-order chi connectivity index (χ1) is 15.5. The lowest BCUT2D eigenvalue weighted by molar-refractivity contribution is 0.102. The van der Waals surface area contributed by atoms with Crippen molar-refractivity contribution in [1.29, 1.82) is 0 Å². The molecule has 2 N–H and O–H groups in total. The molecule has 4 heterocycles.